The van der Waals surface area contributed by atoms with Gasteiger partial charge < -0.3 is 10.2 Å². The molecule has 1 saturated heterocycles. The molecule has 1 heterocycles. The number of nitrogens with zero attached hydrogens (tertiary/aromatic N) is 2. The Balaban J connectivity index is 1.78. The number of carbonyl (C=O) groups is 1. The molecule has 22 heavy (non-hydrogen) atoms. The summed E-state index contributed by atoms with van der Waals surface area (Å²) in [6, 6.07) is 7.83. The Hall–Kier alpha value is -1.44. The standard InChI is InChI=1S/C15H23N3O3S/c1-13(19)16-15-5-3-14(4-6-15)7-8-17-9-11-18(12-10-17)22(2,20)21/h3-6H,7-12H2,1-2H3,(H,16,19). The van der Waals surface area contributed by atoms with Crippen molar-refractivity contribution in [3.63, 3.8) is 0 Å². The zero-order valence-electron chi connectivity index (χ0n) is 13.1. The number of nitrogens with one attached hydrogen (secondary N) is 1. The summed E-state index contributed by atoms with van der Waals surface area (Å²) in [5.41, 5.74) is 2.01. The number of piperazine rings is 1. The van der Waals surface area contributed by atoms with Crippen LogP contribution in [0.15, 0.2) is 24.3 Å². The molecule has 7 heteroatoms. The van der Waals surface area contributed by atoms with Crippen LogP contribution in [0.1, 0.15) is 12.5 Å². The minimum Gasteiger partial charge on any atom is -0.326 e. The van der Waals surface area contributed by atoms with Crippen molar-refractivity contribution in [2.75, 3.05) is 44.3 Å². The third-order valence-corrected chi connectivity index (χ3v) is 5.09. The lowest BCUT2D eigenvalue weighted by Gasteiger charge is -2.33. The predicted molar refractivity (Wildman–Crippen MR) is 87.3 cm³/mol. The first-order valence-electron chi connectivity index (χ1n) is 7.38. The lowest BCUT2D eigenvalue weighted by Crippen LogP contribution is -2.48. The van der Waals surface area contributed by atoms with Gasteiger partial charge in [0, 0.05) is 45.3 Å². The molecule has 1 aromatic rings. The molecule has 0 radical (unpaired) electrons. The monoisotopic (exact) mass is 325 g/mol. The molecule has 0 atom stereocenters. The quantitative estimate of drug-likeness (QED) is 0.868. The highest BCUT2D eigenvalue weighted by Gasteiger charge is 2.22. The van der Waals surface area contributed by atoms with E-state index < -0.39 is 10.0 Å². The molecule has 0 spiro atoms. The van der Waals surface area contributed by atoms with Crippen molar-refractivity contribution in [1.82, 2.24) is 9.21 Å². The molecule has 0 aromatic heterocycles. The number of carbonyl (C=O) groups excluding carboxylic acids is 1. The van der Waals surface area contributed by atoms with E-state index in [1.54, 1.807) is 0 Å². The number of hydrogen-bond donors (Lipinski definition) is 1. The zero-order valence-corrected chi connectivity index (χ0v) is 13.9. The van der Waals surface area contributed by atoms with Crippen LogP contribution in [0.5, 0.6) is 0 Å². The van der Waals surface area contributed by atoms with Crippen LogP contribution in [0.2, 0.25) is 0 Å². The fourth-order valence-electron chi connectivity index (χ4n) is 2.53. The molecule has 2 rings (SSSR count). The summed E-state index contributed by atoms with van der Waals surface area (Å²) in [5.74, 6) is -0.0727. The van der Waals surface area contributed by atoms with Gasteiger partial charge in [0.1, 0.15) is 0 Å². The number of anilines is 1. The van der Waals surface area contributed by atoms with Crippen LogP contribution < -0.4 is 5.32 Å². The number of rotatable bonds is 5. The highest BCUT2D eigenvalue weighted by Crippen LogP contribution is 2.11. The average molecular weight is 325 g/mol. The maximum absolute atomic E-state index is 11.5. The van der Waals surface area contributed by atoms with E-state index in [1.807, 2.05) is 24.3 Å². The van der Waals surface area contributed by atoms with Crippen LogP contribution in [0.3, 0.4) is 0 Å². The van der Waals surface area contributed by atoms with E-state index in [4.69, 9.17) is 0 Å². The molecule has 0 unspecified atom stereocenters. The molecule has 0 saturated carbocycles. The summed E-state index contributed by atoms with van der Waals surface area (Å²) in [7, 11) is -3.06. The van der Waals surface area contributed by atoms with Gasteiger partial charge >= 0.3 is 0 Å². The third-order valence-electron chi connectivity index (χ3n) is 3.79. The van der Waals surface area contributed by atoms with Crippen LogP contribution in [-0.2, 0) is 21.2 Å². The molecule has 1 aliphatic heterocycles. The molecule has 1 aliphatic rings. The van der Waals surface area contributed by atoms with Crippen LogP contribution in [0, 0.1) is 0 Å². The number of benzene rings is 1. The highest BCUT2D eigenvalue weighted by atomic mass is 32.2. The number of sulfonamides is 1. The Labute approximate surface area is 132 Å². The Kier molecular flexibility index (Phi) is 5.55. The maximum atomic E-state index is 11.5. The molecule has 1 N–H and O–H groups in total. The first-order valence-corrected chi connectivity index (χ1v) is 9.23. The molecule has 1 fully saturated rings. The summed E-state index contributed by atoms with van der Waals surface area (Å²) < 4.78 is 24.4. The van der Waals surface area contributed by atoms with Crippen molar-refractivity contribution in [2.24, 2.45) is 0 Å². The summed E-state index contributed by atoms with van der Waals surface area (Å²) in [4.78, 5) is 13.2. The van der Waals surface area contributed by atoms with Crippen LogP contribution >= 0.6 is 0 Å². The van der Waals surface area contributed by atoms with Gasteiger partial charge in [0.15, 0.2) is 0 Å². The minimum absolute atomic E-state index is 0.0727. The fraction of sp³-hybridized carbons (Fsp3) is 0.533. The summed E-state index contributed by atoms with van der Waals surface area (Å²) >= 11 is 0. The Morgan fingerprint density at radius 2 is 1.73 bits per heavy atom. The van der Waals surface area contributed by atoms with Crippen molar-refractivity contribution < 1.29 is 13.2 Å². The van der Waals surface area contributed by atoms with E-state index in [9.17, 15) is 13.2 Å². The van der Waals surface area contributed by atoms with E-state index in [2.05, 4.69) is 10.2 Å². The molecule has 1 aromatic carbocycles. The van der Waals surface area contributed by atoms with Gasteiger partial charge in [-0.1, -0.05) is 12.1 Å². The normalized spacial score (nSPS) is 17.4. The molecule has 1 amide bonds. The predicted octanol–water partition coefficient (Wildman–Crippen LogP) is 0.765. The lowest BCUT2D eigenvalue weighted by atomic mass is 10.1. The highest BCUT2D eigenvalue weighted by molar-refractivity contribution is 7.88. The molecule has 0 bridgehead atoms. The molecule has 0 aliphatic carbocycles. The zero-order chi connectivity index (χ0) is 16.2. The van der Waals surface area contributed by atoms with Crippen molar-refractivity contribution in [1.29, 1.82) is 0 Å². The van der Waals surface area contributed by atoms with E-state index in [-0.39, 0.29) is 5.91 Å². The Morgan fingerprint density at radius 3 is 2.23 bits per heavy atom. The average Bonchev–Trinajstić information content (AvgIpc) is 2.45. The van der Waals surface area contributed by atoms with Gasteiger partial charge in [-0.25, -0.2) is 8.42 Å². The topological polar surface area (TPSA) is 69.7 Å². The summed E-state index contributed by atoms with van der Waals surface area (Å²) in [6.45, 7) is 5.09. The Bertz CT molecular complexity index is 605. The van der Waals surface area contributed by atoms with Crippen LogP contribution in [0.25, 0.3) is 0 Å². The van der Waals surface area contributed by atoms with Crippen molar-refractivity contribution in [3.05, 3.63) is 29.8 Å². The van der Waals surface area contributed by atoms with E-state index in [1.165, 1.54) is 23.0 Å². The van der Waals surface area contributed by atoms with Gasteiger partial charge in [0.25, 0.3) is 0 Å². The maximum Gasteiger partial charge on any atom is 0.221 e. The van der Waals surface area contributed by atoms with Gasteiger partial charge in [0.2, 0.25) is 15.9 Å². The van der Waals surface area contributed by atoms with E-state index in [0.29, 0.717) is 13.1 Å². The number of hydrogen-bond acceptors (Lipinski definition) is 4. The second-order valence-electron chi connectivity index (χ2n) is 5.63. The van der Waals surface area contributed by atoms with Gasteiger partial charge in [-0.05, 0) is 24.1 Å². The van der Waals surface area contributed by atoms with Crippen molar-refractivity contribution >= 4 is 21.6 Å². The summed E-state index contributed by atoms with van der Waals surface area (Å²) in [5, 5.41) is 2.74. The molecule has 6 nitrogen and oxygen atoms in total. The smallest absolute Gasteiger partial charge is 0.221 e. The van der Waals surface area contributed by atoms with E-state index >= 15 is 0 Å². The van der Waals surface area contributed by atoms with E-state index in [0.717, 1.165) is 31.7 Å². The number of amides is 1. The van der Waals surface area contributed by atoms with Crippen LogP contribution in [-0.4, -0.2) is 62.5 Å². The third kappa shape index (κ3) is 5.08. The summed E-state index contributed by atoms with van der Waals surface area (Å²) in [6.07, 6.45) is 2.18. The van der Waals surface area contributed by atoms with Crippen molar-refractivity contribution in [3.8, 4) is 0 Å². The second kappa shape index (κ2) is 7.21. The largest absolute Gasteiger partial charge is 0.326 e. The van der Waals surface area contributed by atoms with Crippen molar-refractivity contribution in [2.45, 2.75) is 13.3 Å². The molecule has 122 valence electrons. The van der Waals surface area contributed by atoms with Gasteiger partial charge in [-0.2, -0.15) is 4.31 Å². The SMILES string of the molecule is CC(=O)Nc1ccc(CCN2CCN(S(C)(=O)=O)CC2)cc1. The minimum atomic E-state index is -3.06. The second-order valence-corrected chi connectivity index (χ2v) is 7.61. The lowest BCUT2D eigenvalue weighted by molar-refractivity contribution is -0.114. The van der Waals surface area contributed by atoms with Gasteiger partial charge in [0.05, 0.1) is 6.26 Å². The first-order chi connectivity index (χ1) is 10.3. The van der Waals surface area contributed by atoms with Crippen LogP contribution in [0.4, 0.5) is 5.69 Å². The molecular weight excluding hydrogens is 302 g/mol. The van der Waals surface area contributed by atoms with Gasteiger partial charge in [-0.15, -0.1) is 0 Å². The molecular formula is C15H23N3O3S. The first kappa shape index (κ1) is 16.9. The fourth-order valence-corrected chi connectivity index (χ4v) is 3.36. The Morgan fingerprint density at radius 1 is 1.14 bits per heavy atom. The van der Waals surface area contributed by atoms with Gasteiger partial charge in [-0.3, -0.25) is 4.79 Å².